The van der Waals surface area contributed by atoms with Crippen LogP contribution in [0.4, 0.5) is 0 Å². The number of nitrogens with zero attached hydrogens (tertiary/aromatic N) is 1. The highest BCUT2D eigenvalue weighted by atomic mass is 35.5. The van der Waals surface area contributed by atoms with E-state index in [1.165, 1.54) is 0 Å². The van der Waals surface area contributed by atoms with Crippen molar-refractivity contribution >= 4 is 23.4 Å². The van der Waals surface area contributed by atoms with Crippen LogP contribution in [-0.2, 0) is 15.2 Å². The van der Waals surface area contributed by atoms with E-state index in [4.69, 9.17) is 11.6 Å². The summed E-state index contributed by atoms with van der Waals surface area (Å²) in [6.07, 6.45) is 5.53. The smallest absolute Gasteiger partial charge is 0.227 e. The molecule has 33 heavy (non-hydrogen) atoms. The Kier molecular flexibility index (Phi) is 7.09. The Labute approximate surface area is 201 Å². The van der Waals surface area contributed by atoms with Crippen LogP contribution >= 0.6 is 11.6 Å². The zero-order valence-corrected chi connectivity index (χ0v) is 20.5. The maximum absolute atomic E-state index is 13.6. The summed E-state index contributed by atoms with van der Waals surface area (Å²) >= 11 is 6.04. The number of nitrogens with one attached hydrogen (secondary N) is 1. The van der Waals surface area contributed by atoms with Gasteiger partial charge in [0.1, 0.15) is 0 Å². The number of aliphatic hydroxyl groups excluding tert-OH is 1. The summed E-state index contributed by atoms with van der Waals surface area (Å²) in [7, 11) is 0. The molecule has 2 amide bonds. The molecule has 3 fully saturated rings. The van der Waals surface area contributed by atoms with Crippen LogP contribution in [0.1, 0.15) is 70.8 Å². The third-order valence-corrected chi connectivity index (χ3v) is 8.52. The molecule has 2 aliphatic carbocycles. The monoisotopic (exact) mass is 476 g/mol. The molecule has 4 rings (SSSR count). The average molecular weight is 477 g/mol. The Morgan fingerprint density at radius 1 is 1.09 bits per heavy atom. The number of hydrogen-bond acceptors (Lipinski definition) is 4. The number of benzene rings is 1. The summed E-state index contributed by atoms with van der Waals surface area (Å²) in [6.45, 7) is 4.95. The molecule has 0 radical (unpaired) electrons. The van der Waals surface area contributed by atoms with E-state index in [9.17, 15) is 19.8 Å². The van der Waals surface area contributed by atoms with Crippen molar-refractivity contribution in [2.45, 2.75) is 83.0 Å². The van der Waals surface area contributed by atoms with Crippen LogP contribution in [-0.4, -0.2) is 52.2 Å². The number of carbonyl (C=O) groups is 2. The molecule has 6 nitrogen and oxygen atoms in total. The van der Waals surface area contributed by atoms with Gasteiger partial charge >= 0.3 is 0 Å². The first-order valence-corrected chi connectivity index (χ1v) is 12.7. The first kappa shape index (κ1) is 24.5. The molecular weight excluding hydrogens is 440 g/mol. The third-order valence-electron chi connectivity index (χ3n) is 8.27. The molecule has 0 aromatic heterocycles. The summed E-state index contributed by atoms with van der Waals surface area (Å²) in [4.78, 5) is 28.3. The van der Waals surface area contributed by atoms with Crippen molar-refractivity contribution in [3.8, 4) is 0 Å². The van der Waals surface area contributed by atoms with E-state index >= 15 is 0 Å². The van der Waals surface area contributed by atoms with Gasteiger partial charge in [0.15, 0.2) is 0 Å². The van der Waals surface area contributed by atoms with Crippen molar-refractivity contribution in [1.29, 1.82) is 0 Å². The summed E-state index contributed by atoms with van der Waals surface area (Å²) in [5.41, 5.74) is -0.759. The lowest BCUT2D eigenvalue weighted by atomic mass is 9.66. The molecule has 1 aromatic carbocycles. The average Bonchev–Trinajstić information content (AvgIpc) is 3.22. The lowest BCUT2D eigenvalue weighted by Gasteiger charge is -2.51. The topological polar surface area (TPSA) is 89.9 Å². The number of halogens is 1. The number of likely N-dealkylation sites (tertiary alicyclic amines) is 1. The Morgan fingerprint density at radius 3 is 2.42 bits per heavy atom. The zero-order valence-electron chi connectivity index (χ0n) is 19.7. The minimum Gasteiger partial charge on any atom is -0.393 e. The van der Waals surface area contributed by atoms with Gasteiger partial charge in [-0.1, -0.05) is 50.4 Å². The molecule has 7 heteroatoms. The standard InChI is InChI=1S/C26H37ClN2O4/c1-25(2)16-29(14-13-26(25,33)18-8-10-19(27)11-9-18)24(32)21-5-3-4-6-22(21)28-23(31)17-7-12-20(30)15-17/h8-11,17,20-22,30,33H,3-7,12-16H2,1-2H3,(H,28,31)/t17?,20-,21-,22+,26-/m0/s1. The van der Waals surface area contributed by atoms with Crippen molar-refractivity contribution in [3.63, 3.8) is 0 Å². The molecule has 5 atom stereocenters. The van der Waals surface area contributed by atoms with Gasteiger partial charge in [-0.25, -0.2) is 0 Å². The maximum atomic E-state index is 13.6. The van der Waals surface area contributed by atoms with E-state index in [0.717, 1.165) is 31.2 Å². The predicted octanol–water partition coefficient (Wildman–Crippen LogP) is 3.62. The lowest BCUT2D eigenvalue weighted by molar-refractivity contribution is -0.158. The maximum Gasteiger partial charge on any atom is 0.227 e. The van der Waals surface area contributed by atoms with Crippen molar-refractivity contribution in [3.05, 3.63) is 34.9 Å². The second-order valence-corrected chi connectivity index (χ2v) is 11.4. The minimum atomic E-state index is -1.04. The molecule has 1 heterocycles. The number of hydrogen-bond donors (Lipinski definition) is 3. The number of rotatable bonds is 4. The summed E-state index contributed by atoms with van der Waals surface area (Å²) in [5, 5.41) is 25.2. The molecule has 182 valence electrons. The van der Waals surface area contributed by atoms with E-state index in [0.29, 0.717) is 43.8 Å². The van der Waals surface area contributed by atoms with Crippen LogP contribution in [0.2, 0.25) is 5.02 Å². The van der Waals surface area contributed by atoms with Gasteiger partial charge in [-0.05, 0) is 56.2 Å². The van der Waals surface area contributed by atoms with Gasteiger partial charge in [0.2, 0.25) is 11.8 Å². The zero-order chi connectivity index (χ0) is 23.8. The molecule has 3 aliphatic rings. The van der Waals surface area contributed by atoms with E-state index < -0.39 is 11.0 Å². The second kappa shape index (κ2) is 9.55. The molecule has 1 aromatic rings. The highest BCUT2D eigenvalue weighted by Gasteiger charge is 2.50. The van der Waals surface area contributed by atoms with Gasteiger partial charge in [-0.3, -0.25) is 9.59 Å². The molecule has 3 N–H and O–H groups in total. The minimum absolute atomic E-state index is 0.0210. The first-order valence-electron chi connectivity index (χ1n) is 12.4. The summed E-state index contributed by atoms with van der Waals surface area (Å²) < 4.78 is 0. The SMILES string of the molecule is CC1(C)CN(C(=O)[C@H]2CCCC[C@H]2NC(=O)C2CC[C@H](O)C2)CC[C@]1(O)c1ccc(Cl)cc1. The lowest BCUT2D eigenvalue weighted by Crippen LogP contribution is -2.59. The number of piperidine rings is 1. The van der Waals surface area contributed by atoms with Crippen molar-refractivity contribution in [1.82, 2.24) is 10.2 Å². The Balaban J connectivity index is 1.44. The van der Waals surface area contributed by atoms with E-state index in [1.807, 2.05) is 30.9 Å². The van der Waals surface area contributed by atoms with Crippen molar-refractivity contribution < 1.29 is 19.8 Å². The molecular formula is C26H37ClN2O4. The largest absolute Gasteiger partial charge is 0.393 e. The number of amides is 2. The highest BCUT2D eigenvalue weighted by molar-refractivity contribution is 6.30. The summed E-state index contributed by atoms with van der Waals surface area (Å²) in [6, 6.07) is 7.17. The Morgan fingerprint density at radius 2 is 1.79 bits per heavy atom. The quantitative estimate of drug-likeness (QED) is 0.619. The van der Waals surface area contributed by atoms with Crippen LogP contribution in [0.15, 0.2) is 24.3 Å². The van der Waals surface area contributed by atoms with Gasteiger partial charge in [0.25, 0.3) is 0 Å². The van der Waals surface area contributed by atoms with Crippen molar-refractivity contribution in [2.24, 2.45) is 17.3 Å². The van der Waals surface area contributed by atoms with Gasteiger partial charge in [0.05, 0.1) is 17.6 Å². The second-order valence-electron chi connectivity index (χ2n) is 10.9. The highest BCUT2D eigenvalue weighted by Crippen LogP contribution is 2.46. The molecule has 1 aliphatic heterocycles. The van der Waals surface area contributed by atoms with Crippen LogP contribution in [0.5, 0.6) is 0 Å². The van der Waals surface area contributed by atoms with Gasteiger partial charge in [0, 0.05) is 35.5 Å². The van der Waals surface area contributed by atoms with Gasteiger partial charge in [-0.15, -0.1) is 0 Å². The van der Waals surface area contributed by atoms with E-state index in [2.05, 4.69) is 5.32 Å². The summed E-state index contributed by atoms with van der Waals surface area (Å²) in [5.74, 6) is -0.322. The Bertz CT molecular complexity index is 874. The van der Waals surface area contributed by atoms with Crippen LogP contribution in [0.3, 0.4) is 0 Å². The van der Waals surface area contributed by atoms with E-state index in [1.54, 1.807) is 12.1 Å². The molecule has 1 unspecified atom stereocenters. The molecule has 0 bridgehead atoms. The van der Waals surface area contributed by atoms with Crippen LogP contribution in [0, 0.1) is 17.3 Å². The van der Waals surface area contributed by atoms with Crippen molar-refractivity contribution in [2.75, 3.05) is 13.1 Å². The van der Waals surface area contributed by atoms with E-state index in [-0.39, 0.29) is 35.8 Å². The molecule has 0 spiro atoms. The number of aliphatic hydroxyl groups is 2. The van der Waals surface area contributed by atoms with Crippen LogP contribution in [0.25, 0.3) is 0 Å². The molecule has 2 saturated carbocycles. The third kappa shape index (κ3) is 4.94. The Hall–Kier alpha value is -1.63. The fourth-order valence-corrected chi connectivity index (χ4v) is 6.23. The molecule has 1 saturated heterocycles. The first-order chi connectivity index (χ1) is 15.6. The van der Waals surface area contributed by atoms with Gasteiger partial charge < -0.3 is 20.4 Å². The predicted molar refractivity (Wildman–Crippen MR) is 128 cm³/mol. The normalized spacial score (nSPS) is 34.2. The fraction of sp³-hybridized carbons (Fsp3) is 0.692. The fourth-order valence-electron chi connectivity index (χ4n) is 6.10. The van der Waals surface area contributed by atoms with Gasteiger partial charge in [-0.2, -0.15) is 0 Å². The number of carbonyl (C=O) groups excluding carboxylic acids is 2. The van der Waals surface area contributed by atoms with Crippen LogP contribution < -0.4 is 5.32 Å².